The van der Waals surface area contributed by atoms with Crippen LogP contribution in [-0.4, -0.2) is 52.5 Å². The van der Waals surface area contributed by atoms with Crippen molar-refractivity contribution in [1.29, 1.82) is 0 Å². The van der Waals surface area contributed by atoms with E-state index < -0.39 is 0 Å². The number of nitrogens with zero attached hydrogens (tertiary/aromatic N) is 2. The minimum absolute atomic E-state index is 0.0502. The number of nitrogens with one attached hydrogen (secondary N) is 2. The van der Waals surface area contributed by atoms with Gasteiger partial charge in [0.1, 0.15) is 0 Å². The number of fused-ring (bicyclic) bond motifs is 1. The first-order valence-corrected chi connectivity index (χ1v) is 9.22. The number of hydrogen-bond acceptors (Lipinski definition) is 2. The highest BCUT2D eigenvalue weighted by Crippen LogP contribution is 2.29. The van der Waals surface area contributed by atoms with Gasteiger partial charge in [0.05, 0.1) is 0 Å². The van der Waals surface area contributed by atoms with Gasteiger partial charge in [0.25, 0.3) is 0 Å². The van der Waals surface area contributed by atoms with Gasteiger partial charge in [-0.05, 0) is 69.4 Å². The molecule has 0 aliphatic heterocycles. The van der Waals surface area contributed by atoms with E-state index in [-0.39, 0.29) is 11.6 Å². The molecule has 0 saturated heterocycles. The number of benzene rings is 1. The van der Waals surface area contributed by atoms with E-state index in [1.54, 1.807) is 0 Å². The average Bonchev–Trinajstić information content (AvgIpc) is 3.33. The van der Waals surface area contributed by atoms with Crippen molar-refractivity contribution in [2.75, 3.05) is 20.1 Å². The Bertz CT molecular complexity index is 732. The summed E-state index contributed by atoms with van der Waals surface area (Å²) in [6, 6.07) is 8.87. The number of aromatic nitrogens is 1. The first kappa shape index (κ1) is 17.8. The molecule has 1 aromatic carbocycles. The Morgan fingerprint density at radius 1 is 1.32 bits per heavy atom. The molecule has 5 nitrogen and oxygen atoms in total. The van der Waals surface area contributed by atoms with E-state index in [2.05, 4.69) is 67.3 Å². The van der Waals surface area contributed by atoms with Gasteiger partial charge >= 0.3 is 6.03 Å². The number of H-pyrrole nitrogens is 1. The zero-order chi connectivity index (χ0) is 18.0. The molecule has 1 saturated carbocycles. The van der Waals surface area contributed by atoms with Gasteiger partial charge in [-0.15, -0.1) is 0 Å². The molecule has 3 rings (SSSR count). The SMILES string of the molecule is CCN(C)C(C)(C)CNC(=O)N(Cc1ccc2[nH]ccc2c1)C1CC1. The van der Waals surface area contributed by atoms with Crippen molar-refractivity contribution in [1.82, 2.24) is 20.1 Å². The molecule has 1 heterocycles. The van der Waals surface area contributed by atoms with Crippen LogP contribution in [0.2, 0.25) is 0 Å². The summed E-state index contributed by atoms with van der Waals surface area (Å²) in [5.74, 6) is 0. The van der Waals surface area contributed by atoms with Gasteiger partial charge in [-0.2, -0.15) is 0 Å². The lowest BCUT2D eigenvalue weighted by molar-refractivity contribution is 0.150. The molecule has 2 N–H and O–H groups in total. The lowest BCUT2D eigenvalue weighted by atomic mass is 10.0. The van der Waals surface area contributed by atoms with E-state index in [1.165, 1.54) is 10.9 Å². The monoisotopic (exact) mass is 342 g/mol. The Labute approximate surface area is 150 Å². The second-order valence-corrected chi connectivity index (χ2v) is 7.74. The third-order valence-corrected chi connectivity index (χ3v) is 5.40. The van der Waals surface area contributed by atoms with Crippen LogP contribution >= 0.6 is 0 Å². The highest BCUT2D eigenvalue weighted by atomic mass is 16.2. The first-order chi connectivity index (χ1) is 11.9. The normalized spacial score (nSPS) is 14.9. The van der Waals surface area contributed by atoms with Gasteiger partial charge in [-0.3, -0.25) is 4.90 Å². The van der Waals surface area contributed by atoms with E-state index in [1.807, 2.05) is 11.1 Å². The van der Waals surface area contributed by atoms with Crippen molar-refractivity contribution in [3.05, 3.63) is 36.0 Å². The molecule has 2 amide bonds. The van der Waals surface area contributed by atoms with Crippen molar-refractivity contribution in [3.8, 4) is 0 Å². The second-order valence-electron chi connectivity index (χ2n) is 7.74. The molecule has 0 spiro atoms. The highest BCUT2D eigenvalue weighted by molar-refractivity contribution is 5.80. The van der Waals surface area contributed by atoms with E-state index in [4.69, 9.17) is 0 Å². The molecular weight excluding hydrogens is 312 g/mol. The van der Waals surface area contributed by atoms with Gasteiger partial charge in [0.2, 0.25) is 0 Å². The summed E-state index contributed by atoms with van der Waals surface area (Å²) in [6.45, 7) is 8.75. The molecule has 136 valence electrons. The summed E-state index contributed by atoms with van der Waals surface area (Å²) in [7, 11) is 2.09. The zero-order valence-corrected chi connectivity index (χ0v) is 15.8. The Morgan fingerprint density at radius 2 is 2.08 bits per heavy atom. The van der Waals surface area contributed by atoms with Crippen LogP contribution in [0.15, 0.2) is 30.5 Å². The number of carbonyl (C=O) groups is 1. The van der Waals surface area contributed by atoms with Crippen LogP contribution in [0.3, 0.4) is 0 Å². The van der Waals surface area contributed by atoms with Gasteiger partial charge in [-0.1, -0.05) is 13.0 Å². The molecule has 2 aromatic rings. The smallest absolute Gasteiger partial charge is 0.318 e. The van der Waals surface area contributed by atoms with Crippen LogP contribution < -0.4 is 5.32 Å². The zero-order valence-electron chi connectivity index (χ0n) is 15.8. The summed E-state index contributed by atoms with van der Waals surface area (Å²) >= 11 is 0. The highest BCUT2D eigenvalue weighted by Gasteiger charge is 2.33. The van der Waals surface area contributed by atoms with Crippen LogP contribution in [-0.2, 0) is 6.54 Å². The number of aromatic amines is 1. The van der Waals surface area contributed by atoms with Gasteiger partial charge in [0.15, 0.2) is 0 Å². The summed E-state index contributed by atoms with van der Waals surface area (Å²) < 4.78 is 0. The van der Waals surface area contributed by atoms with Crippen molar-refractivity contribution in [2.45, 2.75) is 51.7 Å². The lowest BCUT2D eigenvalue weighted by Gasteiger charge is -2.35. The summed E-state index contributed by atoms with van der Waals surface area (Å²) in [4.78, 5) is 20.3. The Morgan fingerprint density at radius 3 is 2.76 bits per heavy atom. The predicted octanol–water partition coefficient (Wildman–Crippen LogP) is 3.57. The van der Waals surface area contributed by atoms with Crippen LogP contribution in [0.25, 0.3) is 10.9 Å². The molecule has 0 radical (unpaired) electrons. The van der Waals surface area contributed by atoms with Crippen LogP contribution in [0.4, 0.5) is 4.79 Å². The fourth-order valence-corrected chi connectivity index (χ4v) is 3.11. The molecule has 1 aliphatic carbocycles. The van der Waals surface area contributed by atoms with Crippen LogP contribution in [0.1, 0.15) is 39.2 Å². The van der Waals surface area contributed by atoms with Crippen molar-refractivity contribution < 1.29 is 4.79 Å². The standard InChI is InChI=1S/C20H30N4O/c1-5-23(4)20(2,3)14-22-19(25)24(17-7-8-17)13-15-6-9-18-16(12-15)10-11-21-18/h6,9-12,17,21H,5,7-8,13-14H2,1-4H3,(H,22,25). The maximum Gasteiger partial charge on any atom is 0.318 e. The Balaban J connectivity index is 1.65. The van der Waals surface area contributed by atoms with Crippen molar-refractivity contribution in [2.24, 2.45) is 0 Å². The van der Waals surface area contributed by atoms with Crippen molar-refractivity contribution in [3.63, 3.8) is 0 Å². The third kappa shape index (κ3) is 4.15. The molecular formula is C20H30N4O. The van der Waals surface area contributed by atoms with Crippen molar-refractivity contribution >= 4 is 16.9 Å². The fraction of sp³-hybridized carbons (Fsp3) is 0.550. The maximum atomic E-state index is 12.8. The average molecular weight is 342 g/mol. The molecule has 1 fully saturated rings. The summed E-state index contributed by atoms with van der Waals surface area (Å²) in [6.07, 6.45) is 4.17. The summed E-state index contributed by atoms with van der Waals surface area (Å²) in [5, 5.41) is 4.35. The van der Waals surface area contributed by atoms with Gasteiger partial charge in [0, 0.05) is 36.4 Å². The minimum Gasteiger partial charge on any atom is -0.361 e. The first-order valence-electron chi connectivity index (χ1n) is 9.22. The van der Waals surface area contributed by atoms with E-state index in [0.717, 1.165) is 24.9 Å². The largest absolute Gasteiger partial charge is 0.361 e. The molecule has 5 heteroatoms. The van der Waals surface area contributed by atoms with Gasteiger partial charge < -0.3 is 15.2 Å². The Hall–Kier alpha value is -2.01. The van der Waals surface area contributed by atoms with E-state index >= 15 is 0 Å². The fourth-order valence-electron chi connectivity index (χ4n) is 3.11. The molecule has 0 unspecified atom stereocenters. The topological polar surface area (TPSA) is 51.4 Å². The molecule has 1 aliphatic rings. The molecule has 1 aromatic heterocycles. The number of carbonyl (C=O) groups excluding carboxylic acids is 1. The molecule has 0 bridgehead atoms. The number of hydrogen-bond donors (Lipinski definition) is 2. The Kier molecular flexibility index (Phi) is 5.04. The second kappa shape index (κ2) is 7.08. The minimum atomic E-state index is -0.0519. The lowest BCUT2D eigenvalue weighted by Crippen LogP contribution is -2.52. The maximum absolute atomic E-state index is 12.8. The van der Waals surface area contributed by atoms with Gasteiger partial charge in [-0.25, -0.2) is 4.79 Å². The van der Waals surface area contributed by atoms with Crippen LogP contribution in [0.5, 0.6) is 0 Å². The van der Waals surface area contributed by atoms with E-state index in [9.17, 15) is 4.79 Å². The number of urea groups is 1. The number of likely N-dealkylation sites (N-methyl/N-ethyl adjacent to an activating group) is 1. The number of rotatable bonds is 7. The quantitative estimate of drug-likeness (QED) is 0.808. The van der Waals surface area contributed by atoms with E-state index in [0.29, 0.717) is 19.1 Å². The summed E-state index contributed by atoms with van der Waals surface area (Å²) in [5.41, 5.74) is 2.26. The predicted molar refractivity (Wildman–Crippen MR) is 103 cm³/mol. The molecule has 0 atom stereocenters. The molecule has 25 heavy (non-hydrogen) atoms. The third-order valence-electron chi connectivity index (χ3n) is 5.40. The number of amides is 2. The van der Waals surface area contributed by atoms with Crippen LogP contribution in [0, 0.1) is 0 Å².